The second-order valence-corrected chi connectivity index (χ2v) is 14.7. The van der Waals surface area contributed by atoms with Gasteiger partial charge in [-0.05, 0) is 56.2 Å². The molecule has 0 aliphatic heterocycles. The summed E-state index contributed by atoms with van der Waals surface area (Å²) in [5, 5.41) is 0. The van der Waals surface area contributed by atoms with E-state index < -0.39 is 8.07 Å². The predicted octanol–water partition coefficient (Wildman–Crippen LogP) is 5.87. The molecule has 0 spiro atoms. The standard InChI is InChI=1S/C18H27FO2S2Si/c1-6-13(2)21-18(22)23-17(24(3,4)5)12-11-16(20)14-7-9-15(19)10-8-14/h7-10,13,17H,6,11-12H2,1-5H3. The number of carbonyl (C=O) groups is 1. The average molecular weight is 387 g/mol. The third-order valence-corrected chi connectivity index (χ3v) is 9.77. The maximum atomic E-state index is 13.0. The van der Waals surface area contributed by atoms with E-state index in [1.807, 2.05) is 6.92 Å². The Morgan fingerprint density at radius 2 is 1.88 bits per heavy atom. The maximum absolute atomic E-state index is 13.0. The van der Waals surface area contributed by atoms with E-state index in [-0.39, 0.29) is 17.7 Å². The molecule has 0 aliphatic rings. The zero-order chi connectivity index (χ0) is 18.3. The fourth-order valence-corrected chi connectivity index (χ4v) is 6.31. The Balaban J connectivity index is 2.65. The Bertz CT molecular complexity index is 555. The molecule has 134 valence electrons. The zero-order valence-electron chi connectivity index (χ0n) is 15.1. The normalized spacial score (nSPS) is 14.1. The van der Waals surface area contributed by atoms with E-state index >= 15 is 0 Å². The average Bonchev–Trinajstić information content (AvgIpc) is 2.50. The van der Waals surface area contributed by atoms with Gasteiger partial charge in [0.05, 0.1) is 14.2 Å². The summed E-state index contributed by atoms with van der Waals surface area (Å²) in [5.74, 6) is -0.276. The van der Waals surface area contributed by atoms with Crippen LogP contribution in [0.1, 0.15) is 43.5 Å². The highest BCUT2D eigenvalue weighted by Gasteiger charge is 2.29. The van der Waals surface area contributed by atoms with Gasteiger partial charge in [-0.25, -0.2) is 4.39 Å². The van der Waals surface area contributed by atoms with Crippen LogP contribution in [0.15, 0.2) is 24.3 Å². The molecular weight excluding hydrogens is 359 g/mol. The van der Waals surface area contributed by atoms with E-state index in [2.05, 4.69) is 26.6 Å². The van der Waals surface area contributed by atoms with E-state index in [0.29, 0.717) is 21.2 Å². The Labute approximate surface area is 155 Å². The number of thiocarbonyl (C=S) groups is 1. The number of hydrogen-bond acceptors (Lipinski definition) is 4. The van der Waals surface area contributed by atoms with Crippen molar-refractivity contribution in [1.29, 1.82) is 0 Å². The molecule has 2 nitrogen and oxygen atoms in total. The van der Waals surface area contributed by atoms with Crippen LogP contribution in [-0.2, 0) is 4.74 Å². The van der Waals surface area contributed by atoms with Crippen molar-refractivity contribution in [1.82, 2.24) is 0 Å². The van der Waals surface area contributed by atoms with Gasteiger partial charge in [-0.3, -0.25) is 4.79 Å². The summed E-state index contributed by atoms with van der Waals surface area (Å²) >= 11 is 6.96. The molecule has 6 heteroatoms. The van der Waals surface area contributed by atoms with Crippen LogP contribution in [0, 0.1) is 5.82 Å². The molecule has 1 rings (SSSR count). The highest BCUT2D eigenvalue weighted by molar-refractivity contribution is 8.23. The van der Waals surface area contributed by atoms with Gasteiger partial charge in [-0.1, -0.05) is 38.3 Å². The van der Waals surface area contributed by atoms with E-state index in [9.17, 15) is 9.18 Å². The van der Waals surface area contributed by atoms with Gasteiger partial charge in [0.2, 0.25) is 4.38 Å². The lowest BCUT2D eigenvalue weighted by Crippen LogP contribution is -2.37. The molecule has 2 unspecified atom stereocenters. The van der Waals surface area contributed by atoms with E-state index in [1.165, 1.54) is 12.1 Å². The minimum atomic E-state index is -1.50. The van der Waals surface area contributed by atoms with Crippen molar-refractivity contribution in [3.63, 3.8) is 0 Å². The molecule has 0 aromatic heterocycles. The van der Waals surface area contributed by atoms with Crippen LogP contribution in [0.2, 0.25) is 19.6 Å². The van der Waals surface area contributed by atoms with Gasteiger partial charge in [0, 0.05) is 16.9 Å². The molecule has 0 saturated heterocycles. The molecule has 0 N–H and O–H groups in total. The number of rotatable bonds is 8. The van der Waals surface area contributed by atoms with Crippen molar-refractivity contribution >= 4 is 42.2 Å². The van der Waals surface area contributed by atoms with Gasteiger partial charge in [-0.15, -0.1) is 0 Å². The van der Waals surface area contributed by atoms with Gasteiger partial charge in [0.1, 0.15) is 5.82 Å². The summed E-state index contributed by atoms with van der Waals surface area (Å²) in [6.45, 7) is 10.9. The van der Waals surface area contributed by atoms with Crippen LogP contribution < -0.4 is 0 Å². The minimum Gasteiger partial charge on any atom is -0.476 e. The van der Waals surface area contributed by atoms with Crippen LogP contribution in [0.3, 0.4) is 0 Å². The first-order chi connectivity index (χ1) is 11.1. The summed E-state index contributed by atoms with van der Waals surface area (Å²) in [7, 11) is -1.50. The number of thioether (sulfide) groups is 1. The number of ether oxygens (including phenoxy) is 1. The van der Waals surface area contributed by atoms with Crippen molar-refractivity contribution in [2.24, 2.45) is 0 Å². The highest BCUT2D eigenvalue weighted by Crippen LogP contribution is 2.29. The van der Waals surface area contributed by atoms with Crippen LogP contribution in [0.25, 0.3) is 0 Å². The number of Topliss-reactive ketones (excluding diaryl/α,β-unsaturated/α-hetero) is 1. The van der Waals surface area contributed by atoms with Gasteiger partial charge in [-0.2, -0.15) is 0 Å². The van der Waals surface area contributed by atoms with Gasteiger partial charge in [0.25, 0.3) is 0 Å². The van der Waals surface area contributed by atoms with Crippen molar-refractivity contribution in [2.75, 3.05) is 0 Å². The molecule has 1 aromatic rings. The number of ketones is 1. The first-order valence-electron chi connectivity index (χ1n) is 8.29. The molecule has 0 amide bonds. The Morgan fingerprint density at radius 1 is 1.29 bits per heavy atom. The smallest absolute Gasteiger partial charge is 0.220 e. The lowest BCUT2D eigenvalue weighted by Gasteiger charge is -2.28. The van der Waals surface area contributed by atoms with Crippen LogP contribution in [-0.4, -0.2) is 29.2 Å². The molecule has 0 saturated carbocycles. The number of carbonyl (C=O) groups excluding carboxylic acids is 1. The lowest BCUT2D eigenvalue weighted by atomic mass is 10.1. The monoisotopic (exact) mass is 386 g/mol. The summed E-state index contributed by atoms with van der Waals surface area (Å²) in [4.78, 5) is 12.6. The Morgan fingerprint density at radius 3 is 2.38 bits per heavy atom. The molecule has 0 fully saturated rings. The second kappa shape index (κ2) is 9.68. The molecule has 24 heavy (non-hydrogen) atoms. The molecule has 2 atom stereocenters. The molecule has 0 radical (unpaired) electrons. The van der Waals surface area contributed by atoms with Crippen LogP contribution in [0.5, 0.6) is 0 Å². The largest absolute Gasteiger partial charge is 0.476 e. The fourth-order valence-electron chi connectivity index (χ4n) is 2.10. The molecule has 0 bridgehead atoms. The predicted molar refractivity (Wildman–Crippen MR) is 108 cm³/mol. The third kappa shape index (κ3) is 7.45. The van der Waals surface area contributed by atoms with Gasteiger partial charge >= 0.3 is 0 Å². The third-order valence-electron chi connectivity index (χ3n) is 3.88. The Kier molecular flexibility index (Phi) is 8.60. The number of hydrogen-bond donors (Lipinski definition) is 0. The summed E-state index contributed by atoms with van der Waals surface area (Å²) in [6, 6.07) is 5.75. The van der Waals surface area contributed by atoms with Crippen LogP contribution in [0.4, 0.5) is 4.39 Å². The second-order valence-electron chi connectivity index (χ2n) is 7.03. The first-order valence-corrected chi connectivity index (χ1v) is 13.2. The van der Waals surface area contributed by atoms with Crippen molar-refractivity contribution in [3.05, 3.63) is 35.6 Å². The van der Waals surface area contributed by atoms with E-state index in [0.717, 1.165) is 12.8 Å². The topological polar surface area (TPSA) is 26.3 Å². The van der Waals surface area contributed by atoms with Crippen LogP contribution >= 0.6 is 24.0 Å². The van der Waals surface area contributed by atoms with Gasteiger partial charge in [0.15, 0.2) is 5.78 Å². The van der Waals surface area contributed by atoms with Crippen molar-refractivity contribution < 1.29 is 13.9 Å². The fraction of sp³-hybridized carbons (Fsp3) is 0.556. The number of benzene rings is 1. The van der Waals surface area contributed by atoms with Crippen molar-refractivity contribution in [3.8, 4) is 0 Å². The summed E-state index contributed by atoms with van der Waals surface area (Å²) < 4.78 is 19.3. The molecule has 0 aliphatic carbocycles. The minimum absolute atomic E-state index is 0.0487. The first kappa shape index (κ1) is 21.3. The molecule has 0 heterocycles. The van der Waals surface area contributed by atoms with Crippen molar-refractivity contribution in [2.45, 2.75) is 63.7 Å². The van der Waals surface area contributed by atoms with E-state index in [1.54, 1.807) is 23.9 Å². The number of halogens is 1. The zero-order valence-corrected chi connectivity index (χ0v) is 17.7. The highest BCUT2D eigenvalue weighted by atomic mass is 32.2. The Hall–Kier alpha value is -0.723. The maximum Gasteiger partial charge on any atom is 0.220 e. The lowest BCUT2D eigenvalue weighted by molar-refractivity contribution is 0.0981. The molecular formula is C18H27FO2S2Si. The summed E-state index contributed by atoms with van der Waals surface area (Å²) in [6.07, 6.45) is 2.25. The SMILES string of the molecule is CCC(C)OC(=S)SC(CCC(=O)c1ccc(F)cc1)[Si](C)(C)C. The quantitative estimate of drug-likeness (QED) is 0.317. The summed E-state index contributed by atoms with van der Waals surface area (Å²) in [5.41, 5.74) is 0.564. The van der Waals surface area contributed by atoms with E-state index in [4.69, 9.17) is 17.0 Å². The van der Waals surface area contributed by atoms with Gasteiger partial charge < -0.3 is 4.74 Å². The molecule has 1 aromatic carbocycles.